The highest BCUT2D eigenvalue weighted by Crippen LogP contribution is 2.24. The summed E-state index contributed by atoms with van der Waals surface area (Å²) in [5, 5.41) is 0. The van der Waals surface area contributed by atoms with Gasteiger partial charge in [-0.1, -0.05) is 26.3 Å². The lowest BCUT2D eigenvalue weighted by molar-refractivity contribution is -0.144. The fourth-order valence-electron chi connectivity index (χ4n) is 2.19. The Morgan fingerprint density at radius 3 is 2.84 bits per heavy atom. The fraction of sp³-hybridized carbons (Fsp3) is 0.733. The molecule has 0 amide bonds. The summed E-state index contributed by atoms with van der Waals surface area (Å²) in [7, 11) is 0. The molecule has 0 radical (unpaired) electrons. The average Bonchev–Trinajstić information content (AvgIpc) is 2.64. The van der Waals surface area contributed by atoms with E-state index in [4.69, 9.17) is 9.47 Å². The Morgan fingerprint density at radius 2 is 2.32 bits per heavy atom. The van der Waals surface area contributed by atoms with E-state index in [-0.39, 0.29) is 30.1 Å². The number of esters is 2. The molecule has 1 fully saturated rings. The van der Waals surface area contributed by atoms with Crippen LogP contribution in [0.1, 0.15) is 52.9 Å². The molecule has 0 spiro atoms. The van der Waals surface area contributed by atoms with Gasteiger partial charge in [0.1, 0.15) is 12.2 Å². The van der Waals surface area contributed by atoms with E-state index in [2.05, 4.69) is 6.92 Å². The molecule has 19 heavy (non-hydrogen) atoms. The molecule has 1 aliphatic rings. The molecule has 0 aliphatic carbocycles. The Bertz CT molecular complexity index is 335. The third-order valence-electron chi connectivity index (χ3n) is 3.28. The molecule has 0 saturated carbocycles. The number of hydrogen-bond acceptors (Lipinski definition) is 4. The van der Waals surface area contributed by atoms with Crippen LogP contribution in [0.15, 0.2) is 12.2 Å². The first kappa shape index (κ1) is 15.7. The van der Waals surface area contributed by atoms with Crippen LogP contribution in [0.25, 0.3) is 0 Å². The van der Waals surface area contributed by atoms with Crippen LogP contribution in [-0.2, 0) is 19.1 Å². The Morgan fingerprint density at radius 1 is 1.58 bits per heavy atom. The minimum Gasteiger partial charge on any atom is -0.462 e. The number of hydrogen-bond donors (Lipinski definition) is 0. The van der Waals surface area contributed by atoms with Crippen molar-refractivity contribution >= 4 is 11.9 Å². The standard InChI is InChI=1S/C15H24O4/c1-4-5-7-13(18-12(3)16)8-6-9-14-11(2)10-15(17)19-14/h6,8,11,13-14H,4-5,7,9-10H2,1-3H3. The summed E-state index contributed by atoms with van der Waals surface area (Å²) >= 11 is 0. The zero-order chi connectivity index (χ0) is 14.3. The zero-order valence-corrected chi connectivity index (χ0v) is 12.1. The number of cyclic esters (lactones) is 1. The van der Waals surface area contributed by atoms with Crippen molar-refractivity contribution < 1.29 is 19.1 Å². The van der Waals surface area contributed by atoms with Gasteiger partial charge in [-0.05, 0) is 18.9 Å². The zero-order valence-electron chi connectivity index (χ0n) is 12.1. The Hall–Kier alpha value is -1.32. The Kier molecular flexibility index (Phi) is 6.60. The second kappa shape index (κ2) is 7.97. The van der Waals surface area contributed by atoms with E-state index >= 15 is 0 Å². The Labute approximate surface area is 115 Å². The van der Waals surface area contributed by atoms with Crippen LogP contribution in [0, 0.1) is 5.92 Å². The topological polar surface area (TPSA) is 52.6 Å². The van der Waals surface area contributed by atoms with Crippen molar-refractivity contribution in [2.24, 2.45) is 5.92 Å². The second-order valence-electron chi connectivity index (χ2n) is 5.16. The molecule has 3 unspecified atom stereocenters. The lowest BCUT2D eigenvalue weighted by atomic mass is 10.0. The SMILES string of the molecule is CCCCC(C=CCC1OC(=O)CC1C)OC(C)=O. The molecule has 0 N–H and O–H groups in total. The van der Waals surface area contributed by atoms with Gasteiger partial charge in [0.2, 0.25) is 0 Å². The fourth-order valence-corrected chi connectivity index (χ4v) is 2.19. The third kappa shape index (κ3) is 5.90. The molecule has 3 atom stereocenters. The van der Waals surface area contributed by atoms with Crippen LogP contribution in [-0.4, -0.2) is 24.1 Å². The maximum absolute atomic E-state index is 11.1. The molecule has 4 nitrogen and oxygen atoms in total. The van der Waals surface area contributed by atoms with Crippen molar-refractivity contribution in [3.8, 4) is 0 Å². The van der Waals surface area contributed by atoms with Crippen LogP contribution in [0.3, 0.4) is 0 Å². The predicted octanol–water partition coefficient (Wildman–Crippen LogP) is 3.01. The number of unbranched alkanes of at least 4 members (excludes halogenated alkanes) is 1. The largest absolute Gasteiger partial charge is 0.462 e. The maximum Gasteiger partial charge on any atom is 0.306 e. The highest BCUT2D eigenvalue weighted by molar-refractivity contribution is 5.72. The van der Waals surface area contributed by atoms with Gasteiger partial charge >= 0.3 is 11.9 Å². The monoisotopic (exact) mass is 268 g/mol. The normalized spacial score (nSPS) is 24.5. The van der Waals surface area contributed by atoms with Gasteiger partial charge in [0, 0.05) is 19.3 Å². The molecule has 1 rings (SSSR count). The highest BCUT2D eigenvalue weighted by Gasteiger charge is 2.30. The summed E-state index contributed by atoms with van der Waals surface area (Å²) < 4.78 is 10.5. The van der Waals surface area contributed by atoms with Crippen LogP contribution < -0.4 is 0 Å². The number of carbonyl (C=O) groups excluding carboxylic acids is 2. The first-order valence-corrected chi connectivity index (χ1v) is 7.06. The van der Waals surface area contributed by atoms with Crippen molar-refractivity contribution in [3.05, 3.63) is 12.2 Å². The van der Waals surface area contributed by atoms with Gasteiger partial charge < -0.3 is 9.47 Å². The maximum atomic E-state index is 11.1. The number of rotatable bonds is 7. The van der Waals surface area contributed by atoms with Gasteiger partial charge in [0.05, 0.1) is 6.42 Å². The van der Waals surface area contributed by atoms with Crippen molar-refractivity contribution in [1.29, 1.82) is 0 Å². The van der Waals surface area contributed by atoms with E-state index < -0.39 is 0 Å². The lowest BCUT2D eigenvalue weighted by Gasteiger charge is -2.14. The van der Waals surface area contributed by atoms with Gasteiger partial charge in [0.25, 0.3) is 0 Å². The Balaban J connectivity index is 2.41. The van der Waals surface area contributed by atoms with Crippen LogP contribution in [0.4, 0.5) is 0 Å². The van der Waals surface area contributed by atoms with E-state index in [0.717, 1.165) is 19.3 Å². The molecule has 0 aromatic carbocycles. The molecule has 0 aromatic rings. The van der Waals surface area contributed by atoms with E-state index in [1.165, 1.54) is 6.92 Å². The average molecular weight is 268 g/mol. The van der Waals surface area contributed by atoms with Crippen LogP contribution in [0.5, 0.6) is 0 Å². The van der Waals surface area contributed by atoms with Crippen molar-refractivity contribution in [2.45, 2.75) is 65.1 Å². The molecule has 1 aliphatic heterocycles. The van der Waals surface area contributed by atoms with Gasteiger partial charge in [-0.15, -0.1) is 0 Å². The number of carbonyl (C=O) groups is 2. The van der Waals surface area contributed by atoms with E-state index in [1.54, 1.807) is 0 Å². The van der Waals surface area contributed by atoms with E-state index in [9.17, 15) is 9.59 Å². The molecule has 108 valence electrons. The molecule has 0 bridgehead atoms. The third-order valence-corrected chi connectivity index (χ3v) is 3.28. The van der Waals surface area contributed by atoms with E-state index in [1.807, 2.05) is 19.1 Å². The van der Waals surface area contributed by atoms with Crippen molar-refractivity contribution in [1.82, 2.24) is 0 Å². The summed E-state index contributed by atoms with van der Waals surface area (Å²) in [5.74, 6) is -0.111. The predicted molar refractivity (Wildman–Crippen MR) is 72.5 cm³/mol. The number of ether oxygens (including phenoxy) is 2. The first-order chi connectivity index (χ1) is 9.02. The second-order valence-corrected chi connectivity index (χ2v) is 5.16. The van der Waals surface area contributed by atoms with Crippen LogP contribution >= 0.6 is 0 Å². The summed E-state index contributed by atoms with van der Waals surface area (Å²) in [5.41, 5.74) is 0. The van der Waals surface area contributed by atoms with Crippen molar-refractivity contribution in [2.75, 3.05) is 0 Å². The van der Waals surface area contributed by atoms with E-state index in [0.29, 0.717) is 12.8 Å². The smallest absolute Gasteiger partial charge is 0.306 e. The lowest BCUT2D eigenvalue weighted by Crippen LogP contribution is -2.15. The molecule has 4 heteroatoms. The summed E-state index contributed by atoms with van der Waals surface area (Å²) in [6.07, 6.45) is 7.81. The summed E-state index contributed by atoms with van der Waals surface area (Å²) in [4.78, 5) is 22.1. The van der Waals surface area contributed by atoms with Crippen molar-refractivity contribution in [3.63, 3.8) is 0 Å². The van der Waals surface area contributed by atoms with Gasteiger partial charge in [0.15, 0.2) is 0 Å². The molecule has 1 heterocycles. The molecular weight excluding hydrogens is 244 g/mol. The minimum atomic E-state index is -0.258. The van der Waals surface area contributed by atoms with Gasteiger partial charge in [-0.2, -0.15) is 0 Å². The minimum absolute atomic E-state index is 0.0343. The molecule has 0 aromatic heterocycles. The highest BCUT2D eigenvalue weighted by atomic mass is 16.6. The molecular formula is C15H24O4. The van der Waals surface area contributed by atoms with Gasteiger partial charge in [-0.3, -0.25) is 9.59 Å². The van der Waals surface area contributed by atoms with Crippen LogP contribution in [0.2, 0.25) is 0 Å². The van der Waals surface area contributed by atoms with Gasteiger partial charge in [-0.25, -0.2) is 0 Å². The summed E-state index contributed by atoms with van der Waals surface area (Å²) in [6, 6.07) is 0. The molecule has 1 saturated heterocycles. The quantitative estimate of drug-likeness (QED) is 0.526. The summed E-state index contributed by atoms with van der Waals surface area (Å²) in [6.45, 7) is 5.55. The first-order valence-electron chi connectivity index (χ1n) is 7.06.